The van der Waals surface area contributed by atoms with Crippen molar-refractivity contribution in [2.45, 2.75) is 149 Å². The second-order valence-corrected chi connectivity index (χ2v) is 10.2. The number of phenols is 1. The van der Waals surface area contributed by atoms with E-state index >= 15 is 0 Å². The predicted octanol–water partition coefficient (Wildman–Crippen LogP) is 9.35. The van der Waals surface area contributed by atoms with Gasteiger partial charge >= 0.3 is 0 Å². The highest BCUT2D eigenvalue weighted by atomic mass is 16.5. The monoisotopic (exact) mass is 430 g/mol. The van der Waals surface area contributed by atoms with Gasteiger partial charge in [-0.15, -0.1) is 0 Å². The van der Waals surface area contributed by atoms with Gasteiger partial charge in [0.2, 0.25) is 0 Å². The Kier molecular flexibility index (Phi) is 11.8. The Bertz CT molecular complexity index is 616. The molecular formula is C29H50O2. The minimum Gasteiger partial charge on any atom is -0.507 e. The van der Waals surface area contributed by atoms with Crippen LogP contribution in [0.15, 0.2) is 6.07 Å². The second-order valence-electron chi connectivity index (χ2n) is 10.2. The fourth-order valence-corrected chi connectivity index (χ4v) is 5.30. The van der Waals surface area contributed by atoms with E-state index in [0.717, 1.165) is 29.7 Å². The van der Waals surface area contributed by atoms with Crippen LogP contribution >= 0.6 is 0 Å². The molecule has 0 saturated carbocycles. The van der Waals surface area contributed by atoms with Crippen molar-refractivity contribution < 1.29 is 9.84 Å². The van der Waals surface area contributed by atoms with Gasteiger partial charge in [-0.2, -0.15) is 0 Å². The van der Waals surface area contributed by atoms with Gasteiger partial charge in [0, 0.05) is 5.56 Å². The highest BCUT2D eigenvalue weighted by molar-refractivity contribution is 5.53. The standard InChI is InChI=1S/C29H50O2/c1-5-7-9-11-13-15-17-20-29(21-18-16-14-12-10-8-6-2)22-19-26-25(4)28(30)24(3)23-27(26)31-29/h23,30H,5-22H2,1-4H3. The number of rotatable bonds is 16. The largest absolute Gasteiger partial charge is 0.507 e. The summed E-state index contributed by atoms with van der Waals surface area (Å²) in [5, 5.41) is 10.4. The molecule has 2 rings (SSSR count). The molecule has 0 aliphatic carbocycles. The number of hydrogen-bond acceptors (Lipinski definition) is 2. The molecule has 2 nitrogen and oxygen atoms in total. The Labute approximate surface area is 193 Å². The normalized spacial score (nSPS) is 15.0. The summed E-state index contributed by atoms with van der Waals surface area (Å²) < 4.78 is 6.82. The number of unbranched alkanes of at least 4 members (excludes halogenated alkanes) is 12. The number of benzene rings is 1. The highest BCUT2D eigenvalue weighted by Crippen LogP contribution is 2.43. The minimum atomic E-state index is 0.00961. The summed E-state index contributed by atoms with van der Waals surface area (Å²) >= 11 is 0. The van der Waals surface area contributed by atoms with Gasteiger partial charge in [-0.25, -0.2) is 0 Å². The average Bonchev–Trinajstić information content (AvgIpc) is 2.76. The Hall–Kier alpha value is -1.18. The van der Waals surface area contributed by atoms with Gasteiger partial charge in [-0.05, 0) is 69.6 Å². The Morgan fingerprint density at radius 2 is 1.26 bits per heavy atom. The lowest BCUT2D eigenvalue weighted by atomic mass is 9.81. The maximum Gasteiger partial charge on any atom is 0.124 e. The van der Waals surface area contributed by atoms with Gasteiger partial charge in [0.25, 0.3) is 0 Å². The third-order valence-corrected chi connectivity index (χ3v) is 7.46. The molecule has 1 heterocycles. The molecule has 0 saturated heterocycles. The zero-order valence-electron chi connectivity index (χ0n) is 21.2. The van der Waals surface area contributed by atoms with E-state index in [2.05, 4.69) is 19.9 Å². The molecule has 0 radical (unpaired) electrons. The molecule has 0 atom stereocenters. The SMILES string of the molecule is CCCCCCCCCC1(CCCCCCCCC)CCc2c(cc(C)c(O)c2C)O1. The maximum atomic E-state index is 10.4. The van der Waals surface area contributed by atoms with E-state index in [0.29, 0.717) is 5.75 Å². The Morgan fingerprint density at radius 3 is 1.77 bits per heavy atom. The molecule has 0 fully saturated rings. The molecule has 0 amide bonds. The van der Waals surface area contributed by atoms with Crippen LogP contribution in [0.3, 0.4) is 0 Å². The van der Waals surface area contributed by atoms with Gasteiger partial charge in [0.15, 0.2) is 0 Å². The lowest BCUT2D eigenvalue weighted by Crippen LogP contribution is -2.40. The topological polar surface area (TPSA) is 29.5 Å². The number of aryl methyl sites for hydroxylation is 1. The maximum absolute atomic E-state index is 10.4. The van der Waals surface area contributed by atoms with Crippen LogP contribution in [0.1, 0.15) is 140 Å². The highest BCUT2D eigenvalue weighted by Gasteiger charge is 2.36. The molecule has 1 aliphatic rings. The molecule has 1 aliphatic heterocycles. The van der Waals surface area contributed by atoms with Gasteiger partial charge in [0.1, 0.15) is 17.1 Å². The van der Waals surface area contributed by atoms with Crippen molar-refractivity contribution in [1.82, 2.24) is 0 Å². The van der Waals surface area contributed by atoms with E-state index in [1.165, 1.54) is 108 Å². The molecule has 1 aromatic rings. The smallest absolute Gasteiger partial charge is 0.124 e. The molecule has 0 unspecified atom stereocenters. The lowest BCUT2D eigenvalue weighted by molar-refractivity contribution is 0.0236. The van der Waals surface area contributed by atoms with E-state index in [-0.39, 0.29) is 5.60 Å². The van der Waals surface area contributed by atoms with Crippen LogP contribution in [0.4, 0.5) is 0 Å². The fourth-order valence-electron chi connectivity index (χ4n) is 5.30. The summed E-state index contributed by atoms with van der Waals surface area (Å²) in [6.45, 7) is 8.61. The van der Waals surface area contributed by atoms with E-state index in [1.807, 2.05) is 13.8 Å². The van der Waals surface area contributed by atoms with Gasteiger partial charge in [-0.3, -0.25) is 0 Å². The van der Waals surface area contributed by atoms with Crippen molar-refractivity contribution in [2.24, 2.45) is 0 Å². The summed E-state index contributed by atoms with van der Waals surface area (Å²) in [5.74, 6) is 1.50. The summed E-state index contributed by atoms with van der Waals surface area (Å²) in [5.41, 5.74) is 3.21. The van der Waals surface area contributed by atoms with Crippen molar-refractivity contribution >= 4 is 0 Å². The van der Waals surface area contributed by atoms with Crippen LogP contribution in [0, 0.1) is 13.8 Å². The van der Waals surface area contributed by atoms with Crippen molar-refractivity contribution in [1.29, 1.82) is 0 Å². The molecular weight excluding hydrogens is 380 g/mol. The van der Waals surface area contributed by atoms with E-state index in [4.69, 9.17) is 4.74 Å². The van der Waals surface area contributed by atoms with Gasteiger partial charge in [-0.1, -0.05) is 90.9 Å². The van der Waals surface area contributed by atoms with Crippen molar-refractivity contribution in [3.8, 4) is 11.5 Å². The summed E-state index contributed by atoms with van der Waals surface area (Å²) in [7, 11) is 0. The van der Waals surface area contributed by atoms with Crippen molar-refractivity contribution in [2.75, 3.05) is 0 Å². The van der Waals surface area contributed by atoms with Gasteiger partial charge < -0.3 is 9.84 Å². The van der Waals surface area contributed by atoms with Crippen molar-refractivity contribution in [3.05, 3.63) is 22.8 Å². The molecule has 31 heavy (non-hydrogen) atoms. The first kappa shape index (κ1) is 26.1. The van der Waals surface area contributed by atoms with Crippen molar-refractivity contribution in [3.63, 3.8) is 0 Å². The minimum absolute atomic E-state index is 0.00961. The second kappa shape index (κ2) is 14.1. The number of fused-ring (bicyclic) bond motifs is 1. The van der Waals surface area contributed by atoms with E-state index in [1.54, 1.807) is 0 Å². The van der Waals surface area contributed by atoms with Crippen LogP contribution in [-0.2, 0) is 6.42 Å². The predicted molar refractivity (Wildman–Crippen MR) is 134 cm³/mol. The number of phenolic OH excluding ortho intramolecular Hbond substituents is 1. The Morgan fingerprint density at radius 1 is 0.774 bits per heavy atom. The van der Waals surface area contributed by atoms with Crippen LogP contribution in [0.2, 0.25) is 0 Å². The zero-order chi connectivity index (χ0) is 22.5. The quantitative estimate of drug-likeness (QED) is 0.265. The van der Waals surface area contributed by atoms with Crippen LogP contribution < -0.4 is 4.74 Å². The van der Waals surface area contributed by atoms with Crippen LogP contribution in [0.5, 0.6) is 11.5 Å². The Balaban J connectivity index is 1.93. The zero-order valence-corrected chi connectivity index (χ0v) is 21.2. The summed E-state index contributed by atoms with van der Waals surface area (Å²) in [6.07, 6.45) is 23.5. The number of hydrogen-bond donors (Lipinski definition) is 1. The first-order chi connectivity index (χ1) is 15.0. The molecule has 2 heteroatoms. The first-order valence-corrected chi connectivity index (χ1v) is 13.5. The fraction of sp³-hybridized carbons (Fsp3) is 0.793. The molecule has 178 valence electrons. The third kappa shape index (κ3) is 8.35. The summed E-state index contributed by atoms with van der Waals surface area (Å²) in [4.78, 5) is 0. The third-order valence-electron chi connectivity index (χ3n) is 7.46. The number of aromatic hydroxyl groups is 1. The molecule has 0 bridgehead atoms. The molecule has 0 aromatic heterocycles. The number of ether oxygens (including phenoxy) is 1. The van der Waals surface area contributed by atoms with E-state index in [9.17, 15) is 5.11 Å². The van der Waals surface area contributed by atoms with Gasteiger partial charge in [0.05, 0.1) is 0 Å². The lowest BCUT2D eigenvalue weighted by Gasteiger charge is -2.40. The first-order valence-electron chi connectivity index (χ1n) is 13.5. The molecule has 1 aromatic carbocycles. The summed E-state index contributed by atoms with van der Waals surface area (Å²) in [6, 6.07) is 2.08. The van der Waals surface area contributed by atoms with Crippen LogP contribution in [0.25, 0.3) is 0 Å². The molecule has 0 spiro atoms. The van der Waals surface area contributed by atoms with Crippen LogP contribution in [-0.4, -0.2) is 10.7 Å². The van der Waals surface area contributed by atoms with E-state index < -0.39 is 0 Å². The molecule has 1 N–H and O–H groups in total. The average molecular weight is 431 g/mol.